The third kappa shape index (κ3) is 4.94. The molecule has 21 heavy (non-hydrogen) atoms. The van der Waals surface area contributed by atoms with E-state index in [1.165, 1.54) is 6.54 Å². The van der Waals surface area contributed by atoms with Crippen molar-refractivity contribution in [3.8, 4) is 0 Å². The molecule has 1 heterocycles. The maximum absolute atomic E-state index is 12.3. The van der Waals surface area contributed by atoms with Crippen LogP contribution in [0.25, 0.3) is 0 Å². The van der Waals surface area contributed by atoms with Gasteiger partial charge in [-0.25, -0.2) is 0 Å². The molecule has 2 rings (SSSR count). The molecule has 3 heteroatoms. The number of hydrogen-bond acceptors (Lipinski definition) is 3. The molecule has 0 radical (unpaired) electrons. The van der Waals surface area contributed by atoms with Crippen molar-refractivity contribution in [3.05, 3.63) is 35.4 Å². The third-order valence-corrected chi connectivity index (χ3v) is 4.19. The Kier molecular flexibility index (Phi) is 5.95. The Morgan fingerprint density at radius 2 is 1.71 bits per heavy atom. The third-order valence-electron chi connectivity index (χ3n) is 4.19. The molecule has 1 aliphatic rings. The van der Waals surface area contributed by atoms with Crippen LogP contribution >= 0.6 is 0 Å². The van der Waals surface area contributed by atoms with E-state index in [2.05, 4.69) is 23.6 Å². The van der Waals surface area contributed by atoms with Gasteiger partial charge in [0.15, 0.2) is 5.78 Å². The van der Waals surface area contributed by atoms with Gasteiger partial charge in [-0.1, -0.05) is 38.1 Å². The Bertz CT molecular complexity index is 462. The Balaban J connectivity index is 1.75. The summed E-state index contributed by atoms with van der Waals surface area (Å²) in [6, 6.07) is 7.89. The monoisotopic (exact) mass is 288 g/mol. The van der Waals surface area contributed by atoms with Crippen molar-refractivity contribution in [1.82, 2.24) is 9.80 Å². The summed E-state index contributed by atoms with van der Waals surface area (Å²) in [6.07, 6.45) is 0.634. The van der Waals surface area contributed by atoms with E-state index in [0.717, 1.165) is 49.8 Å². The number of hydrogen-bond donors (Lipinski definition) is 0. The fraction of sp³-hybridized carbons (Fsp3) is 0.611. The van der Waals surface area contributed by atoms with Crippen LogP contribution in [-0.2, 0) is 0 Å². The largest absolute Gasteiger partial charge is 0.301 e. The maximum Gasteiger partial charge on any atom is 0.164 e. The summed E-state index contributed by atoms with van der Waals surface area (Å²) >= 11 is 0. The highest BCUT2D eigenvalue weighted by Gasteiger charge is 2.18. The molecule has 0 bridgehead atoms. The average Bonchev–Trinajstić information content (AvgIpc) is 2.46. The molecule has 1 aliphatic heterocycles. The first-order valence-electron chi connectivity index (χ1n) is 8.10. The quantitative estimate of drug-likeness (QED) is 0.752. The molecule has 3 nitrogen and oxygen atoms in total. The first-order chi connectivity index (χ1) is 10.1. The minimum absolute atomic E-state index is 0.276. The zero-order valence-electron chi connectivity index (χ0n) is 13.6. The van der Waals surface area contributed by atoms with Gasteiger partial charge in [-0.3, -0.25) is 4.79 Å². The molecule has 0 aromatic heterocycles. The molecule has 116 valence electrons. The molecule has 0 amide bonds. The van der Waals surface area contributed by atoms with Crippen LogP contribution in [0.4, 0.5) is 0 Å². The first kappa shape index (κ1) is 16.2. The number of carbonyl (C=O) groups excluding carboxylic acids is 1. The molecule has 1 aromatic rings. The Morgan fingerprint density at radius 3 is 2.33 bits per heavy atom. The summed E-state index contributed by atoms with van der Waals surface area (Å²) in [6.45, 7) is 13.1. The number of piperazine rings is 1. The molecule has 1 fully saturated rings. The van der Waals surface area contributed by atoms with Crippen LogP contribution in [0, 0.1) is 12.8 Å². The number of benzene rings is 1. The zero-order chi connectivity index (χ0) is 15.2. The lowest BCUT2D eigenvalue weighted by Gasteiger charge is -2.35. The second-order valence-corrected chi connectivity index (χ2v) is 6.52. The number of nitrogens with zero attached hydrogens (tertiary/aromatic N) is 2. The number of carbonyl (C=O) groups is 1. The van der Waals surface area contributed by atoms with Crippen molar-refractivity contribution < 1.29 is 4.79 Å². The summed E-state index contributed by atoms with van der Waals surface area (Å²) in [4.78, 5) is 17.2. The lowest BCUT2D eigenvalue weighted by Crippen LogP contribution is -2.47. The van der Waals surface area contributed by atoms with Gasteiger partial charge < -0.3 is 9.80 Å². The summed E-state index contributed by atoms with van der Waals surface area (Å²) in [7, 11) is 0. The van der Waals surface area contributed by atoms with E-state index in [1.807, 2.05) is 31.2 Å². The second-order valence-electron chi connectivity index (χ2n) is 6.52. The highest BCUT2D eigenvalue weighted by molar-refractivity contribution is 5.97. The van der Waals surface area contributed by atoms with Crippen LogP contribution in [0.3, 0.4) is 0 Å². The molecule has 0 atom stereocenters. The first-order valence-corrected chi connectivity index (χ1v) is 8.10. The van der Waals surface area contributed by atoms with Crippen LogP contribution in [0.15, 0.2) is 24.3 Å². The SMILES string of the molecule is Cc1ccccc1C(=O)CCN1CCN(CC(C)C)CC1. The Morgan fingerprint density at radius 1 is 1.10 bits per heavy atom. The molecule has 0 aliphatic carbocycles. The standard InChI is InChI=1S/C18H28N2O/c1-15(2)14-20-12-10-19(11-13-20)9-8-18(21)17-7-5-4-6-16(17)3/h4-7,15H,8-14H2,1-3H3. The lowest BCUT2D eigenvalue weighted by molar-refractivity contribution is 0.0917. The summed E-state index contributed by atoms with van der Waals surface area (Å²) < 4.78 is 0. The highest BCUT2D eigenvalue weighted by atomic mass is 16.1. The summed E-state index contributed by atoms with van der Waals surface area (Å²) in [5.41, 5.74) is 1.97. The van der Waals surface area contributed by atoms with Gasteiger partial charge in [-0.15, -0.1) is 0 Å². The molecule has 0 saturated carbocycles. The van der Waals surface area contributed by atoms with E-state index in [0.29, 0.717) is 6.42 Å². The van der Waals surface area contributed by atoms with Crippen molar-refractivity contribution >= 4 is 5.78 Å². The summed E-state index contributed by atoms with van der Waals surface area (Å²) in [5, 5.41) is 0. The minimum Gasteiger partial charge on any atom is -0.301 e. The fourth-order valence-electron chi connectivity index (χ4n) is 2.99. The van der Waals surface area contributed by atoms with Gasteiger partial charge in [0, 0.05) is 51.3 Å². The van der Waals surface area contributed by atoms with E-state index in [1.54, 1.807) is 0 Å². The zero-order valence-corrected chi connectivity index (χ0v) is 13.6. The molecule has 0 N–H and O–H groups in total. The lowest BCUT2D eigenvalue weighted by atomic mass is 10.0. The van der Waals surface area contributed by atoms with E-state index >= 15 is 0 Å². The van der Waals surface area contributed by atoms with Crippen LogP contribution < -0.4 is 0 Å². The average molecular weight is 288 g/mol. The van der Waals surface area contributed by atoms with Crippen LogP contribution in [0.2, 0.25) is 0 Å². The molecule has 1 saturated heterocycles. The van der Waals surface area contributed by atoms with Gasteiger partial charge in [0.05, 0.1) is 0 Å². The van der Waals surface area contributed by atoms with Gasteiger partial charge >= 0.3 is 0 Å². The van der Waals surface area contributed by atoms with Crippen molar-refractivity contribution in [1.29, 1.82) is 0 Å². The number of Topliss-reactive ketones (excluding diaryl/α,β-unsaturated/α-hetero) is 1. The predicted octanol–water partition coefficient (Wildman–Crippen LogP) is 2.84. The van der Waals surface area contributed by atoms with Gasteiger partial charge in [0.2, 0.25) is 0 Å². The van der Waals surface area contributed by atoms with Gasteiger partial charge in [0.1, 0.15) is 0 Å². The van der Waals surface area contributed by atoms with Crippen molar-refractivity contribution in [2.75, 3.05) is 39.3 Å². The molecule has 0 unspecified atom stereocenters. The molecule has 1 aromatic carbocycles. The Labute approximate surface area is 128 Å². The maximum atomic E-state index is 12.3. The smallest absolute Gasteiger partial charge is 0.164 e. The van der Waals surface area contributed by atoms with Crippen molar-refractivity contribution in [2.24, 2.45) is 5.92 Å². The van der Waals surface area contributed by atoms with E-state index in [9.17, 15) is 4.79 Å². The van der Waals surface area contributed by atoms with Crippen molar-refractivity contribution in [3.63, 3.8) is 0 Å². The predicted molar refractivity (Wildman–Crippen MR) is 87.8 cm³/mol. The van der Waals surface area contributed by atoms with Crippen LogP contribution in [0.5, 0.6) is 0 Å². The van der Waals surface area contributed by atoms with Gasteiger partial charge in [0.25, 0.3) is 0 Å². The molecule has 0 spiro atoms. The normalized spacial score (nSPS) is 17.3. The number of ketones is 1. The molecular formula is C18H28N2O. The van der Waals surface area contributed by atoms with E-state index in [-0.39, 0.29) is 5.78 Å². The Hall–Kier alpha value is -1.19. The fourth-order valence-corrected chi connectivity index (χ4v) is 2.99. The van der Waals surface area contributed by atoms with Crippen LogP contribution in [-0.4, -0.2) is 54.9 Å². The van der Waals surface area contributed by atoms with E-state index < -0.39 is 0 Å². The topological polar surface area (TPSA) is 23.6 Å². The summed E-state index contributed by atoms with van der Waals surface area (Å²) in [5.74, 6) is 1.01. The minimum atomic E-state index is 0.276. The second kappa shape index (κ2) is 7.71. The number of rotatable bonds is 6. The van der Waals surface area contributed by atoms with Crippen LogP contribution in [0.1, 0.15) is 36.2 Å². The molecular weight excluding hydrogens is 260 g/mol. The van der Waals surface area contributed by atoms with E-state index in [4.69, 9.17) is 0 Å². The van der Waals surface area contributed by atoms with Gasteiger partial charge in [-0.2, -0.15) is 0 Å². The number of aryl methyl sites for hydroxylation is 1. The highest BCUT2D eigenvalue weighted by Crippen LogP contribution is 2.11. The van der Waals surface area contributed by atoms with Gasteiger partial charge in [-0.05, 0) is 18.4 Å². The van der Waals surface area contributed by atoms with Crippen molar-refractivity contribution in [2.45, 2.75) is 27.2 Å².